The molecule has 0 saturated heterocycles. The number of amides is 1. The van der Waals surface area contributed by atoms with Gasteiger partial charge in [0.2, 0.25) is 0 Å². The number of aromatic amines is 1. The van der Waals surface area contributed by atoms with E-state index in [0.29, 0.717) is 5.56 Å². The average molecular weight is 327 g/mol. The number of fused-ring (bicyclic) bond motifs is 3. The van der Waals surface area contributed by atoms with Gasteiger partial charge in [-0.25, -0.2) is 0 Å². The van der Waals surface area contributed by atoms with Crippen molar-refractivity contribution in [3.05, 3.63) is 78.1 Å². The number of aromatic nitrogens is 2. The first-order valence-electron chi connectivity index (χ1n) is 8.49. The lowest BCUT2D eigenvalue weighted by Gasteiger charge is -2.18. The Bertz CT molecular complexity index is 1090. The lowest BCUT2D eigenvalue weighted by Crippen LogP contribution is -2.34. The Morgan fingerprint density at radius 2 is 1.80 bits per heavy atom. The van der Waals surface area contributed by atoms with Crippen LogP contribution in [0.15, 0.2) is 67.0 Å². The van der Waals surface area contributed by atoms with Crippen molar-refractivity contribution in [2.45, 2.75) is 18.4 Å². The zero-order valence-corrected chi connectivity index (χ0v) is 13.6. The SMILES string of the molecule is O=C(NC1(c2ccccc2)CC1)c1ccc2c(c1)[nH]c1cnccc12. The summed E-state index contributed by atoms with van der Waals surface area (Å²) in [5.41, 5.74) is 3.60. The highest BCUT2D eigenvalue weighted by Crippen LogP contribution is 2.45. The van der Waals surface area contributed by atoms with Gasteiger partial charge in [-0.1, -0.05) is 36.4 Å². The van der Waals surface area contributed by atoms with E-state index in [9.17, 15) is 4.79 Å². The zero-order valence-electron chi connectivity index (χ0n) is 13.6. The van der Waals surface area contributed by atoms with Gasteiger partial charge in [-0.3, -0.25) is 9.78 Å². The van der Waals surface area contributed by atoms with Gasteiger partial charge >= 0.3 is 0 Å². The minimum atomic E-state index is -0.197. The maximum absolute atomic E-state index is 12.8. The Morgan fingerprint density at radius 3 is 2.60 bits per heavy atom. The third-order valence-corrected chi connectivity index (χ3v) is 5.09. The standard InChI is InChI=1S/C21H17N3O/c25-20(24-21(9-10-21)15-4-2-1-3-5-15)14-6-7-16-17-8-11-22-13-19(17)23-18(16)12-14/h1-8,11-13,23H,9-10H2,(H,24,25). The van der Waals surface area contributed by atoms with Crippen LogP contribution in [0.3, 0.4) is 0 Å². The average Bonchev–Trinajstić information content (AvgIpc) is 3.34. The fourth-order valence-corrected chi connectivity index (χ4v) is 3.56. The van der Waals surface area contributed by atoms with Crippen LogP contribution in [-0.2, 0) is 5.54 Å². The van der Waals surface area contributed by atoms with E-state index in [-0.39, 0.29) is 11.4 Å². The smallest absolute Gasteiger partial charge is 0.252 e. The zero-order chi connectivity index (χ0) is 16.9. The summed E-state index contributed by atoms with van der Waals surface area (Å²) in [7, 11) is 0. The molecule has 0 radical (unpaired) electrons. The van der Waals surface area contributed by atoms with E-state index in [2.05, 4.69) is 27.4 Å². The first-order valence-corrected chi connectivity index (χ1v) is 8.49. The maximum atomic E-state index is 12.8. The number of hydrogen-bond donors (Lipinski definition) is 2. The molecule has 0 atom stereocenters. The molecule has 1 amide bonds. The van der Waals surface area contributed by atoms with E-state index >= 15 is 0 Å². The summed E-state index contributed by atoms with van der Waals surface area (Å²) < 4.78 is 0. The molecule has 0 unspecified atom stereocenters. The fourth-order valence-electron chi connectivity index (χ4n) is 3.56. The third-order valence-electron chi connectivity index (χ3n) is 5.09. The predicted molar refractivity (Wildman–Crippen MR) is 98.4 cm³/mol. The highest BCUT2D eigenvalue weighted by molar-refractivity contribution is 6.09. The van der Waals surface area contributed by atoms with Crippen molar-refractivity contribution in [3.63, 3.8) is 0 Å². The first kappa shape index (κ1) is 14.2. The van der Waals surface area contributed by atoms with Crippen LogP contribution >= 0.6 is 0 Å². The van der Waals surface area contributed by atoms with Crippen molar-refractivity contribution >= 4 is 27.7 Å². The van der Waals surface area contributed by atoms with Crippen molar-refractivity contribution in [1.29, 1.82) is 0 Å². The fraction of sp³-hybridized carbons (Fsp3) is 0.143. The molecule has 0 bridgehead atoms. The van der Waals surface area contributed by atoms with E-state index in [4.69, 9.17) is 0 Å². The van der Waals surface area contributed by atoms with Gasteiger partial charge in [0, 0.05) is 28.0 Å². The summed E-state index contributed by atoms with van der Waals surface area (Å²) in [6.07, 6.45) is 5.57. The molecule has 1 fully saturated rings. The van der Waals surface area contributed by atoms with Gasteiger partial charge < -0.3 is 10.3 Å². The highest BCUT2D eigenvalue weighted by Gasteiger charge is 2.45. The molecule has 0 aliphatic heterocycles. The largest absolute Gasteiger partial charge is 0.353 e. The molecule has 2 aromatic heterocycles. The van der Waals surface area contributed by atoms with Gasteiger partial charge in [0.25, 0.3) is 5.91 Å². The van der Waals surface area contributed by atoms with Gasteiger partial charge in [0.05, 0.1) is 17.3 Å². The monoisotopic (exact) mass is 327 g/mol. The lowest BCUT2D eigenvalue weighted by molar-refractivity contribution is 0.0931. The Kier molecular flexibility index (Phi) is 2.95. The van der Waals surface area contributed by atoms with Gasteiger partial charge in [-0.15, -0.1) is 0 Å². The van der Waals surface area contributed by atoms with E-state index in [1.165, 1.54) is 5.56 Å². The molecule has 4 nitrogen and oxygen atoms in total. The summed E-state index contributed by atoms with van der Waals surface area (Å²) in [5, 5.41) is 5.47. The molecule has 1 aliphatic rings. The van der Waals surface area contributed by atoms with Crippen molar-refractivity contribution in [3.8, 4) is 0 Å². The molecule has 4 heteroatoms. The van der Waals surface area contributed by atoms with E-state index < -0.39 is 0 Å². The highest BCUT2D eigenvalue weighted by atomic mass is 16.1. The molecule has 1 saturated carbocycles. The van der Waals surface area contributed by atoms with Crippen molar-refractivity contribution in [2.75, 3.05) is 0 Å². The van der Waals surface area contributed by atoms with Crippen LogP contribution in [-0.4, -0.2) is 15.9 Å². The molecule has 4 aromatic rings. The Hall–Kier alpha value is -3.14. The minimum Gasteiger partial charge on any atom is -0.353 e. The molecule has 1 aliphatic carbocycles. The van der Waals surface area contributed by atoms with Gasteiger partial charge in [-0.2, -0.15) is 0 Å². The Morgan fingerprint density at radius 1 is 1.00 bits per heavy atom. The Balaban J connectivity index is 1.49. The normalized spacial score (nSPS) is 15.4. The molecule has 2 heterocycles. The number of nitrogens with zero attached hydrogens (tertiary/aromatic N) is 1. The number of benzene rings is 2. The number of rotatable bonds is 3. The lowest BCUT2D eigenvalue weighted by atomic mass is 10.0. The topological polar surface area (TPSA) is 57.8 Å². The molecule has 2 N–H and O–H groups in total. The molecular formula is C21H17N3O. The van der Waals surface area contributed by atoms with Gasteiger partial charge in [-0.05, 0) is 36.6 Å². The van der Waals surface area contributed by atoms with E-state index in [1.54, 1.807) is 6.20 Å². The number of carbonyl (C=O) groups excluding carboxylic acids is 1. The van der Waals surface area contributed by atoms with Crippen LogP contribution < -0.4 is 5.32 Å². The molecule has 25 heavy (non-hydrogen) atoms. The van der Waals surface area contributed by atoms with Crippen molar-refractivity contribution in [2.24, 2.45) is 0 Å². The Labute approximate surface area is 144 Å². The number of H-pyrrole nitrogens is 1. The number of pyridine rings is 1. The summed E-state index contributed by atoms with van der Waals surface area (Å²) in [6.45, 7) is 0. The summed E-state index contributed by atoms with van der Waals surface area (Å²) in [4.78, 5) is 20.3. The predicted octanol–water partition coefficient (Wildman–Crippen LogP) is 4.14. The van der Waals surface area contributed by atoms with Crippen LogP contribution in [0.4, 0.5) is 0 Å². The van der Waals surface area contributed by atoms with E-state index in [0.717, 1.165) is 34.6 Å². The van der Waals surface area contributed by atoms with Crippen LogP contribution in [0.25, 0.3) is 21.8 Å². The second kappa shape index (κ2) is 5.18. The van der Waals surface area contributed by atoms with Gasteiger partial charge in [0.15, 0.2) is 0 Å². The molecule has 0 spiro atoms. The second-order valence-electron chi connectivity index (χ2n) is 6.71. The minimum absolute atomic E-state index is 0.0277. The number of hydrogen-bond acceptors (Lipinski definition) is 2. The maximum Gasteiger partial charge on any atom is 0.252 e. The quantitative estimate of drug-likeness (QED) is 0.594. The summed E-state index contributed by atoms with van der Waals surface area (Å²) >= 11 is 0. The molecule has 122 valence electrons. The van der Waals surface area contributed by atoms with Gasteiger partial charge in [0.1, 0.15) is 0 Å². The number of nitrogens with one attached hydrogen (secondary N) is 2. The van der Waals surface area contributed by atoms with Crippen molar-refractivity contribution in [1.82, 2.24) is 15.3 Å². The van der Waals surface area contributed by atoms with Crippen LogP contribution in [0.2, 0.25) is 0 Å². The third kappa shape index (κ3) is 2.30. The molecule has 5 rings (SSSR count). The van der Waals surface area contributed by atoms with Crippen LogP contribution in [0.1, 0.15) is 28.8 Å². The molecule has 2 aromatic carbocycles. The van der Waals surface area contributed by atoms with Crippen LogP contribution in [0, 0.1) is 0 Å². The van der Waals surface area contributed by atoms with E-state index in [1.807, 2.05) is 48.7 Å². The van der Waals surface area contributed by atoms with Crippen LogP contribution in [0.5, 0.6) is 0 Å². The van der Waals surface area contributed by atoms with Crippen molar-refractivity contribution < 1.29 is 4.79 Å². The summed E-state index contributed by atoms with van der Waals surface area (Å²) in [6, 6.07) is 18.0. The molecular weight excluding hydrogens is 310 g/mol. The number of carbonyl (C=O) groups is 1. The first-order chi connectivity index (χ1) is 12.3. The summed E-state index contributed by atoms with van der Waals surface area (Å²) in [5.74, 6) is -0.0277. The second-order valence-corrected chi connectivity index (χ2v) is 6.71.